The lowest BCUT2D eigenvalue weighted by molar-refractivity contribution is -0.138. The minimum absolute atomic E-state index is 0.245. The SMILES string of the molecule is O=C(C=Cc1ccccc1)OCC1CC1. The third-order valence-corrected chi connectivity index (χ3v) is 2.37. The first kappa shape index (κ1) is 9.97. The number of benzene rings is 1. The van der Waals surface area contributed by atoms with Crippen LogP contribution in [0.25, 0.3) is 6.08 Å². The molecule has 0 N–H and O–H groups in total. The van der Waals surface area contributed by atoms with Gasteiger partial charge in [-0.05, 0) is 30.4 Å². The Kier molecular flexibility index (Phi) is 3.18. The molecule has 1 aliphatic rings. The quantitative estimate of drug-likeness (QED) is 0.554. The van der Waals surface area contributed by atoms with Crippen molar-refractivity contribution in [2.45, 2.75) is 12.8 Å². The van der Waals surface area contributed by atoms with E-state index in [2.05, 4.69) is 0 Å². The van der Waals surface area contributed by atoms with Gasteiger partial charge < -0.3 is 4.74 Å². The van der Waals surface area contributed by atoms with E-state index in [4.69, 9.17) is 4.74 Å². The van der Waals surface area contributed by atoms with E-state index >= 15 is 0 Å². The van der Waals surface area contributed by atoms with Gasteiger partial charge in [0.2, 0.25) is 0 Å². The van der Waals surface area contributed by atoms with E-state index in [-0.39, 0.29) is 5.97 Å². The first-order valence-electron chi connectivity index (χ1n) is 5.24. The molecule has 0 aliphatic heterocycles. The van der Waals surface area contributed by atoms with Gasteiger partial charge in [0.05, 0.1) is 6.61 Å². The molecule has 0 bridgehead atoms. The standard InChI is InChI=1S/C13H14O2/c14-13(15-10-12-6-7-12)9-8-11-4-2-1-3-5-11/h1-5,8-9,12H,6-7,10H2. The first-order chi connectivity index (χ1) is 7.34. The number of rotatable bonds is 4. The minimum Gasteiger partial charge on any atom is -0.462 e. The predicted molar refractivity (Wildman–Crippen MR) is 59.2 cm³/mol. The number of ether oxygens (including phenoxy) is 1. The van der Waals surface area contributed by atoms with Crippen LogP contribution in [0, 0.1) is 5.92 Å². The van der Waals surface area contributed by atoms with Crippen molar-refractivity contribution in [3.63, 3.8) is 0 Å². The number of esters is 1. The van der Waals surface area contributed by atoms with Crippen molar-refractivity contribution in [1.82, 2.24) is 0 Å². The van der Waals surface area contributed by atoms with Gasteiger partial charge in [-0.15, -0.1) is 0 Å². The highest BCUT2D eigenvalue weighted by Gasteiger charge is 2.22. The largest absolute Gasteiger partial charge is 0.462 e. The molecule has 2 heteroatoms. The Labute approximate surface area is 89.6 Å². The van der Waals surface area contributed by atoms with E-state index in [1.54, 1.807) is 6.08 Å². The van der Waals surface area contributed by atoms with Crippen LogP contribution < -0.4 is 0 Å². The summed E-state index contributed by atoms with van der Waals surface area (Å²) in [5, 5.41) is 0. The first-order valence-corrected chi connectivity index (χ1v) is 5.24. The van der Waals surface area contributed by atoms with Crippen molar-refractivity contribution in [2.24, 2.45) is 5.92 Å². The fourth-order valence-electron chi connectivity index (χ4n) is 1.26. The highest BCUT2D eigenvalue weighted by molar-refractivity contribution is 5.87. The average molecular weight is 202 g/mol. The molecule has 0 saturated heterocycles. The van der Waals surface area contributed by atoms with Gasteiger partial charge >= 0.3 is 5.97 Å². The summed E-state index contributed by atoms with van der Waals surface area (Å²) in [4.78, 5) is 11.2. The van der Waals surface area contributed by atoms with Gasteiger partial charge in [0, 0.05) is 6.08 Å². The van der Waals surface area contributed by atoms with E-state index in [1.807, 2.05) is 30.3 Å². The lowest BCUT2D eigenvalue weighted by Gasteiger charge is -1.98. The van der Waals surface area contributed by atoms with Gasteiger partial charge in [0.15, 0.2) is 0 Å². The van der Waals surface area contributed by atoms with Crippen LogP contribution >= 0.6 is 0 Å². The maximum absolute atomic E-state index is 11.2. The van der Waals surface area contributed by atoms with Gasteiger partial charge in [0.25, 0.3) is 0 Å². The fourth-order valence-corrected chi connectivity index (χ4v) is 1.26. The van der Waals surface area contributed by atoms with Crippen molar-refractivity contribution in [2.75, 3.05) is 6.61 Å². The van der Waals surface area contributed by atoms with Crippen molar-refractivity contribution in [1.29, 1.82) is 0 Å². The van der Waals surface area contributed by atoms with E-state index in [9.17, 15) is 4.79 Å². The van der Waals surface area contributed by atoms with Crippen molar-refractivity contribution in [3.05, 3.63) is 42.0 Å². The van der Waals surface area contributed by atoms with E-state index in [1.165, 1.54) is 18.9 Å². The minimum atomic E-state index is -0.245. The Morgan fingerprint density at radius 3 is 2.73 bits per heavy atom. The molecule has 1 aromatic rings. The molecule has 0 amide bonds. The molecule has 2 nitrogen and oxygen atoms in total. The topological polar surface area (TPSA) is 26.3 Å². The van der Waals surface area contributed by atoms with Crippen molar-refractivity contribution >= 4 is 12.0 Å². The zero-order valence-corrected chi connectivity index (χ0v) is 8.56. The summed E-state index contributed by atoms with van der Waals surface area (Å²) in [6.07, 6.45) is 5.66. The van der Waals surface area contributed by atoms with Crippen LogP contribution in [-0.2, 0) is 9.53 Å². The average Bonchev–Trinajstić information content (AvgIpc) is 3.09. The summed E-state index contributed by atoms with van der Waals surface area (Å²) in [6.45, 7) is 0.581. The summed E-state index contributed by atoms with van der Waals surface area (Å²) in [5.74, 6) is 0.379. The van der Waals surface area contributed by atoms with Gasteiger partial charge in [-0.1, -0.05) is 30.3 Å². The van der Waals surface area contributed by atoms with Gasteiger partial charge in [-0.25, -0.2) is 4.79 Å². The molecular formula is C13H14O2. The number of carbonyl (C=O) groups excluding carboxylic acids is 1. The molecule has 0 aromatic heterocycles. The zero-order valence-electron chi connectivity index (χ0n) is 8.56. The summed E-state index contributed by atoms with van der Waals surface area (Å²) in [6, 6.07) is 9.72. The Hall–Kier alpha value is -1.57. The van der Waals surface area contributed by atoms with E-state index in [0.717, 1.165) is 5.56 Å². The molecule has 0 unspecified atom stereocenters. The van der Waals surface area contributed by atoms with Crippen molar-refractivity contribution in [3.8, 4) is 0 Å². The van der Waals surface area contributed by atoms with Crippen LogP contribution in [0.15, 0.2) is 36.4 Å². The normalized spacial score (nSPS) is 15.5. The number of carbonyl (C=O) groups is 1. The second-order valence-corrected chi connectivity index (χ2v) is 3.82. The van der Waals surface area contributed by atoms with Crippen LogP contribution in [-0.4, -0.2) is 12.6 Å². The molecule has 78 valence electrons. The molecule has 15 heavy (non-hydrogen) atoms. The van der Waals surface area contributed by atoms with Gasteiger partial charge in [0.1, 0.15) is 0 Å². The molecule has 1 aromatic carbocycles. The third kappa shape index (κ3) is 3.58. The van der Waals surface area contributed by atoms with Crippen LogP contribution in [0.5, 0.6) is 0 Å². The summed E-state index contributed by atoms with van der Waals surface area (Å²) < 4.78 is 5.06. The zero-order chi connectivity index (χ0) is 10.5. The maximum atomic E-state index is 11.2. The number of hydrogen-bond donors (Lipinski definition) is 0. The summed E-state index contributed by atoms with van der Waals surface area (Å²) in [5.41, 5.74) is 1.01. The highest BCUT2D eigenvalue weighted by atomic mass is 16.5. The Bertz CT molecular complexity index is 350. The third-order valence-electron chi connectivity index (χ3n) is 2.37. The van der Waals surface area contributed by atoms with Crippen LogP contribution in [0.1, 0.15) is 18.4 Å². The van der Waals surface area contributed by atoms with E-state index < -0.39 is 0 Å². The van der Waals surface area contributed by atoms with Gasteiger partial charge in [-0.3, -0.25) is 0 Å². The Morgan fingerprint density at radius 2 is 2.07 bits per heavy atom. The smallest absolute Gasteiger partial charge is 0.330 e. The van der Waals surface area contributed by atoms with E-state index in [0.29, 0.717) is 12.5 Å². The lowest BCUT2D eigenvalue weighted by atomic mass is 10.2. The Morgan fingerprint density at radius 1 is 1.33 bits per heavy atom. The monoisotopic (exact) mass is 202 g/mol. The molecule has 1 saturated carbocycles. The maximum Gasteiger partial charge on any atom is 0.330 e. The molecular weight excluding hydrogens is 188 g/mol. The van der Waals surface area contributed by atoms with Crippen LogP contribution in [0.2, 0.25) is 0 Å². The molecule has 2 rings (SSSR count). The summed E-state index contributed by atoms with van der Waals surface area (Å²) >= 11 is 0. The van der Waals surface area contributed by atoms with Gasteiger partial charge in [-0.2, -0.15) is 0 Å². The number of hydrogen-bond acceptors (Lipinski definition) is 2. The summed E-state index contributed by atoms with van der Waals surface area (Å²) in [7, 11) is 0. The molecule has 0 heterocycles. The lowest BCUT2D eigenvalue weighted by Crippen LogP contribution is -2.03. The molecule has 0 radical (unpaired) electrons. The highest BCUT2D eigenvalue weighted by Crippen LogP contribution is 2.28. The Balaban J connectivity index is 1.79. The van der Waals surface area contributed by atoms with Crippen LogP contribution in [0.4, 0.5) is 0 Å². The molecule has 0 spiro atoms. The molecule has 1 fully saturated rings. The van der Waals surface area contributed by atoms with Crippen molar-refractivity contribution < 1.29 is 9.53 Å². The van der Waals surface area contributed by atoms with Crippen LogP contribution in [0.3, 0.4) is 0 Å². The predicted octanol–water partition coefficient (Wildman–Crippen LogP) is 2.65. The second-order valence-electron chi connectivity index (χ2n) is 3.82. The molecule has 0 atom stereocenters. The second kappa shape index (κ2) is 4.78. The fraction of sp³-hybridized carbons (Fsp3) is 0.308. The molecule has 1 aliphatic carbocycles.